The summed E-state index contributed by atoms with van der Waals surface area (Å²) in [5.74, 6) is -2.07. The molecule has 0 saturated heterocycles. The van der Waals surface area contributed by atoms with E-state index in [0.29, 0.717) is 0 Å². The van der Waals surface area contributed by atoms with Crippen molar-refractivity contribution >= 4 is 17.2 Å². The molecule has 1 aromatic heterocycles. The van der Waals surface area contributed by atoms with Gasteiger partial charge in [-0.05, 0) is 6.92 Å². The molecule has 0 N–H and O–H groups in total. The molecule has 0 fully saturated rings. The maximum Gasteiger partial charge on any atom is 0.473 e. The van der Waals surface area contributed by atoms with Crippen LogP contribution in [0.5, 0.6) is 0 Å². The van der Waals surface area contributed by atoms with Crippen molar-refractivity contribution < 1.29 is 18.0 Å². The lowest BCUT2D eigenvalue weighted by atomic mass is 10.6. The minimum Gasteiger partial charge on any atom is -0.324 e. The molecule has 1 aromatic rings. The molecule has 1 heterocycles. The monoisotopic (exact) mass is 224 g/mol. The smallest absolute Gasteiger partial charge is 0.324 e. The number of halogens is 3. The van der Waals surface area contributed by atoms with E-state index >= 15 is 0 Å². The predicted octanol–water partition coefficient (Wildman–Crippen LogP) is 1.38. The summed E-state index contributed by atoms with van der Waals surface area (Å²) in [4.78, 5) is 13.5. The minimum absolute atomic E-state index is 0.0461. The van der Waals surface area contributed by atoms with Crippen LogP contribution < -0.4 is 4.80 Å². The van der Waals surface area contributed by atoms with Crippen molar-refractivity contribution in [3.05, 3.63) is 15.9 Å². The summed E-state index contributed by atoms with van der Waals surface area (Å²) >= 11 is 0.996. The van der Waals surface area contributed by atoms with Gasteiger partial charge in [0.2, 0.25) is 0 Å². The molecule has 0 aliphatic carbocycles. The maximum atomic E-state index is 11.8. The highest BCUT2D eigenvalue weighted by Gasteiger charge is 2.38. The normalized spacial score (nSPS) is 13.4. The van der Waals surface area contributed by atoms with E-state index in [1.54, 1.807) is 19.4 Å². The molecular weight excluding hydrogens is 217 g/mol. The first-order valence-electron chi connectivity index (χ1n) is 3.59. The van der Waals surface area contributed by atoms with Crippen LogP contribution in [0.2, 0.25) is 0 Å². The Morgan fingerprint density at radius 1 is 1.57 bits per heavy atom. The van der Waals surface area contributed by atoms with Crippen LogP contribution in [0.1, 0.15) is 5.69 Å². The van der Waals surface area contributed by atoms with Crippen LogP contribution in [-0.4, -0.2) is 16.7 Å². The van der Waals surface area contributed by atoms with Crippen molar-refractivity contribution in [1.29, 1.82) is 0 Å². The second kappa shape index (κ2) is 3.56. The van der Waals surface area contributed by atoms with E-state index in [9.17, 15) is 18.0 Å². The summed E-state index contributed by atoms with van der Waals surface area (Å²) < 4.78 is 36.9. The second-order valence-electron chi connectivity index (χ2n) is 2.63. The van der Waals surface area contributed by atoms with Crippen molar-refractivity contribution in [3.8, 4) is 0 Å². The molecule has 0 saturated carbocycles. The van der Waals surface area contributed by atoms with Crippen molar-refractivity contribution in [2.45, 2.75) is 13.1 Å². The van der Waals surface area contributed by atoms with Gasteiger partial charge >= 0.3 is 12.1 Å². The van der Waals surface area contributed by atoms with Crippen LogP contribution in [0.4, 0.5) is 13.2 Å². The second-order valence-corrected chi connectivity index (χ2v) is 3.47. The molecule has 7 heteroatoms. The van der Waals surface area contributed by atoms with Crippen molar-refractivity contribution in [3.63, 3.8) is 0 Å². The lowest BCUT2D eigenvalue weighted by Gasteiger charge is -1.98. The fourth-order valence-electron chi connectivity index (χ4n) is 0.699. The molecule has 0 radical (unpaired) electrons. The van der Waals surface area contributed by atoms with Gasteiger partial charge in [-0.3, -0.25) is 4.79 Å². The van der Waals surface area contributed by atoms with Gasteiger partial charge in [-0.25, -0.2) is 0 Å². The quantitative estimate of drug-likeness (QED) is 0.655. The molecule has 0 aromatic carbocycles. The van der Waals surface area contributed by atoms with Crippen LogP contribution in [0.15, 0.2) is 10.4 Å². The van der Waals surface area contributed by atoms with Gasteiger partial charge in [0.25, 0.3) is 0 Å². The number of hydrogen-bond donors (Lipinski definition) is 0. The Morgan fingerprint density at radius 3 is 2.50 bits per heavy atom. The topological polar surface area (TPSA) is 34.4 Å². The molecule has 1 amide bonds. The zero-order chi connectivity index (χ0) is 10.9. The average molecular weight is 224 g/mol. The first-order valence-corrected chi connectivity index (χ1v) is 4.47. The molecule has 14 heavy (non-hydrogen) atoms. The Bertz CT molecular complexity index is 415. The third-order valence-corrected chi connectivity index (χ3v) is 2.63. The molecule has 0 atom stereocenters. The van der Waals surface area contributed by atoms with Crippen molar-refractivity contribution in [2.24, 2.45) is 12.0 Å². The standard InChI is InChI=1S/C7H7F3N2OS/c1-4-3-14-6(12(4)2)11-5(13)7(8,9)10/h3H,1-2H3. The van der Waals surface area contributed by atoms with Crippen LogP contribution in [0.25, 0.3) is 0 Å². The number of thiazole rings is 1. The van der Waals surface area contributed by atoms with E-state index in [2.05, 4.69) is 4.99 Å². The van der Waals surface area contributed by atoms with Crippen LogP contribution in [0.3, 0.4) is 0 Å². The summed E-state index contributed by atoms with van der Waals surface area (Å²) in [7, 11) is 1.55. The number of rotatable bonds is 0. The molecule has 78 valence electrons. The molecule has 0 unspecified atom stereocenters. The van der Waals surface area contributed by atoms with Gasteiger partial charge in [0.05, 0.1) is 0 Å². The van der Waals surface area contributed by atoms with E-state index < -0.39 is 12.1 Å². The fourth-order valence-corrected chi connectivity index (χ4v) is 1.57. The zero-order valence-electron chi connectivity index (χ0n) is 7.42. The Hall–Kier alpha value is -1.11. The third kappa shape index (κ3) is 2.22. The van der Waals surface area contributed by atoms with Gasteiger partial charge in [0, 0.05) is 18.1 Å². The highest BCUT2D eigenvalue weighted by Crippen LogP contribution is 2.15. The number of carbonyl (C=O) groups is 1. The van der Waals surface area contributed by atoms with E-state index in [1.165, 1.54) is 4.57 Å². The zero-order valence-corrected chi connectivity index (χ0v) is 8.24. The lowest BCUT2D eigenvalue weighted by molar-refractivity contribution is -0.169. The van der Waals surface area contributed by atoms with Gasteiger partial charge in [-0.2, -0.15) is 18.2 Å². The average Bonchev–Trinajstić information content (AvgIpc) is 2.34. The van der Waals surface area contributed by atoms with E-state index in [4.69, 9.17) is 0 Å². The first-order chi connectivity index (χ1) is 6.32. The Balaban J connectivity index is 3.12. The third-order valence-electron chi connectivity index (χ3n) is 1.59. The highest BCUT2D eigenvalue weighted by atomic mass is 32.1. The van der Waals surface area contributed by atoms with E-state index in [-0.39, 0.29) is 4.80 Å². The summed E-state index contributed by atoms with van der Waals surface area (Å²) in [6, 6.07) is 0. The minimum atomic E-state index is -4.90. The number of carbonyl (C=O) groups excluding carboxylic acids is 1. The van der Waals surface area contributed by atoms with Crippen LogP contribution in [0, 0.1) is 6.92 Å². The number of aromatic nitrogens is 1. The van der Waals surface area contributed by atoms with Gasteiger partial charge < -0.3 is 4.57 Å². The number of amides is 1. The fraction of sp³-hybridized carbons (Fsp3) is 0.429. The summed E-state index contributed by atoms with van der Waals surface area (Å²) in [6.07, 6.45) is -4.90. The molecular formula is C7H7F3N2OS. The molecule has 0 aliphatic rings. The number of alkyl halides is 3. The number of hydrogen-bond acceptors (Lipinski definition) is 2. The van der Waals surface area contributed by atoms with Crippen molar-refractivity contribution in [1.82, 2.24) is 4.57 Å². The van der Waals surface area contributed by atoms with Crippen LogP contribution >= 0.6 is 11.3 Å². The maximum absolute atomic E-state index is 11.8. The number of aryl methyl sites for hydroxylation is 1. The van der Waals surface area contributed by atoms with Crippen LogP contribution in [-0.2, 0) is 11.8 Å². The van der Waals surface area contributed by atoms with Gasteiger partial charge in [0.15, 0.2) is 4.80 Å². The Kier molecular flexibility index (Phi) is 2.79. The number of nitrogens with zero attached hydrogens (tertiary/aromatic N) is 2. The van der Waals surface area contributed by atoms with Gasteiger partial charge in [-0.15, -0.1) is 11.3 Å². The summed E-state index contributed by atoms with van der Waals surface area (Å²) in [5.41, 5.74) is 0.753. The lowest BCUT2D eigenvalue weighted by Crippen LogP contribution is -2.24. The highest BCUT2D eigenvalue weighted by molar-refractivity contribution is 7.07. The molecule has 0 aliphatic heterocycles. The van der Waals surface area contributed by atoms with E-state index in [1.807, 2.05) is 0 Å². The summed E-state index contributed by atoms with van der Waals surface area (Å²) in [6.45, 7) is 1.72. The molecule has 1 rings (SSSR count). The predicted molar refractivity (Wildman–Crippen MR) is 44.7 cm³/mol. The largest absolute Gasteiger partial charge is 0.473 e. The summed E-state index contributed by atoms with van der Waals surface area (Å²) in [5, 5.41) is 1.63. The van der Waals surface area contributed by atoms with Gasteiger partial charge in [-0.1, -0.05) is 0 Å². The molecule has 0 bridgehead atoms. The van der Waals surface area contributed by atoms with E-state index in [0.717, 1.165) is 17.0 Å². The first kappa shape index (κ1) is 11.0. The van der Waals surface area contributed by atoms with Gasteiger partial charge in [0.1, 0.15) is 0 Å². The molecule has 0 spiro atoms. The SMILES string of the molecule is Cc1csc(=NC(=O)C(F)(F)F)n1C. The Morgan fingerprint density at radius 2 is 2.14 bits per heavy atom. The Labute approximate surface area is 81.5 Å². The molecule has 3 nitrogen and oxygen atoms in total. The van der Waals surface area contributed by atoms with Crippen molar-refractivity contribution in [2.75, 3.05) is 0 Å².